The average Bonchev–Trinajstić information content (AvgIpc) is 2.92. The van der Waals surface area contributed by atoms with Gasteiger partial charge in [0, 0.05) is 16.2 Å². The minimum Gasteiger partial charge on any atom is -0.427 e. The first-order valence-corrected chi connectivity index (χ1v) is 13.6. The number of hydrogen-bond donors (Lipinski definition) is 0. The summed E-state index contributed by atoms with van der Waals surface area (Å²) in [6.07, 6.45) is 0.315. The van der Waals surface area contributed by atoms with Crippen LogP contribution in [0.1, 0.15) is 56.4 Å². The first-order chi connectivity index (χ1) is 18.2. The van der Waals surface area contributed by atoms with E-state index < -0.39 is 10.8 Å². The highest BCUT2D eigenvalue weighted by atomic mass is 32.2. The molecular formula is C33H30O4S. The zero-order valence-corrected chi connectivity index (χ0v) is 22.8. The van der Waals surface area contributed by atoms with Crippen LogP contribution in [0.2, 0.25) is 0 Å². The van der Waals surface area contributed by atoms with Gasteiger partial charge in [0.1, 0.15) is 11.5 Å². The number of benzene rings is 4. The fourth-order valence-electron chi connectivity index (χ4n) is 4.79. The van der Waals surface area contributed by atoms with Gasteiger partial charge in [0.2, 0.25) is 0 Å². The molecule has 0 atom stereocenters. The van der Waals surface area contributed by atoms with Crippen LogP contribution in [-0.2, 0) is 15.0 Å². The molecule has 0 N–H and O–H groups in total. The monoisotopic (exact) mass is 522 g/mol. The van der Waals surface area contributed by atoms with E-state index in [0.29, 0.717) is 17.9 Å². The number of hydrogen-bond acceptors (Lipinski definition) is 5. The van der Waals surface area contributed by atoms with Gasteiger partial charge in [-0.25, -0.2) is 0 Å². The van der Waals surface area contributed by atoms with Crippen LogP contribution in [0.4, 0.5) is 0 Å². The van der Waals surface area contributed by atoms with Crippen LogP contribution in [0.3, 0.4) is 0 Å². The molecule has 0 spiro atoms. The summed E-state index contributed by atoms with van der Waals surface area (Å²) in [6, 6.07) is 32.5. The van der Waals surface area contributed by atoms with Crippen molar-refractivity contribution in [1.82, 2.24) is 0 Å². The molecule has 0 fully saturated rings. The standard InChI is InChI=1S/C33H30O4S/c1-5-30(34)36-24-18-14-22(15-19-24)33(23-16-20-25(21-17-23)37-31(35)32(2,3)4)26-10-6-8-12-28(26)38-29-13-9-7-11-27(29)33/h6-21H,5H2,1-4H3. The molecule has 0 amide bonds. The summed E-state index contributed by atoms with van der Waals surface area (Å²) in [5.74, 6) is 0.490. The number of carbonyl (C=O) groups is 2. The molecule has 192 valence electrons. The van der Waals surface area contributed by atoms with Crippen molar-refractivity contribution in [2.45, 2.75) is 49.3 Å². The quantitative estimate of drug-likeness (QED) is 0.174. The minimum absolute atomic E-state index is 0.266. The van der Waals surface area contributed by atoms with Crippen LogP contribution in [0.15, 0.2) is 107 Å². The SMILES string of the molecule is CCC(=O)Oc1ccc(C2(c3ccc(OC(=O)C(C)(C)C)cc3)c3ccccc3Sc3ccccc32)cc1. The topological polar surface area (TPSA) is 52.6 Å². The maximum absolute atomic E-state index is 12.5. The first-order valence-electron chi connectivity index (χ1n) is 12.7. The molecule has 0 saturated carbocycles. The lowest BCUT2D eigenvalue weighted by atomic mass is 9.65. The van der Waals surface area contributed by atoms with E-state index in [1.54, 1.807) is 18.7 Å². The van der Waals surface area contributed by atoms with Crippen molar-refractivity contribution in [1.29, 1.82) is 0 Å². The predicted octanol–water partition coefficient (Wildman–Crippen LogP) is 7.80. The lowest BCUT2D eigenvalue weighted by Gasteiger charge is -2.41. The Hall–Kier alpha value is -3.83. The van der Waals surface area contributed by atoms with Gasteiger partial charge in [0.05, 0.1) is 10.8 Å². The smallest absolute Gasteiger partial charge is 0.316 e. The third-order valence-corrected chi connectivity index (χ3v) is 7.87. The molecule has 5 rings (SSSR count). The average molecular weight is 523 g/mol. The molecule has 4 aromatic rings. The Bertz CT molecular complexity index is 1440. The summed E-state index contributed by atoms with van der Waals surface area (Å²) >= 11 is 1.76. The van der Waals surface area contributed by atoms with Crippen molar-refractivity contribution in [3.8, 4) is 11.5 Å². The van der Waals surface area contributed by atoms with E-state index in [4.69, 9.17) is 9.47 Å². The largest absolute Gasteiger partial charge is 0.427 e. The molecule has 1 aliphatic heterocycles. The molecule has 1 heterocycles. The number of fused-ring (bicyclic) bond motifs is 2. The van der Waals surface area contributed by atoms with Gasteiger partial charge in [-0.1, -0.05) is 79.3 Å². The van der Waals surface area contributed by atoms with Gasteiger partial charge >= 0.3 is 11.9 Å². The van der Waals surface area contributed by atoms with Gasteiger partial charge in [-0.05, 0) is 79.4 Å². The van der Waals surface area contributed by atoms with Gasteiger partial charge in [0.25, 0.3) is 0 Å². The van der Waals surface area contributed by atoms with Crippen molar-refractivity contribution >= 4 is 23.7 Å². The normalized spacial score (nSPS) is 13.7. The van der Waals surface area contributed by atoms with Gasteiger partial charge in [-0.15, -0.1) is 0 Å². The molecule has 0 aromatic heterocycles. The van der Waals surface area contributed by atoms with Crippen molar-refractivity contribution in [3.05, 3.63) is 119 Å². The van der Waals surface area contributed by atoms with E-state index in [9.17, 15) is 9.59 Å². The zero-order valence-electron chi connectivity index (χ0n) is 22.0. The number of rotatable bonds is 5. The van der Waals surface area contributed by atoms with Crippen molar-refractivity contribution in [2.75, 3.05) is 0 Å². The summed E-state index contributed by atoms with van der Waals surface area (Å²) in [4.78, 5) is 26.7. The van der Waals surface area contributed by atoms with Crippen LogP contribution >= 0.6 is 11.8 Å². The van der Waals surface area contributed by atoms with E-state index in [0.717, 1.165) is 11.1 Å². The molecule has 1 aliphatic rings. The molecule has 0 unspecified atom stereocenters. The van der Waals surface area contributed by atoms with E-state index in [1.165, 1.54) is 20.9 Å². The summed E-state index contributed by atoms with van der Waals surface area (Å²) < 4.78 is 11.1. The van der Waals surface area contributed by atoms with Gasteiger partial charge in [0.15, 0.2) is 0 Å². The molecule has 0 radical (unpaired) electrons. The second kappa shape index (κ2) is 10.1. The predicted molar refractivity (Wildman–Crippen MR) is 150 cm³/mol. The second-order valence-corrected chi connectivity index (χ2v) is 11.4. The van der Waals surface area contributed by atoms with Crippen molar-refractivity contribution in [2.24, 2.45) is 5.41 Å². The Labute approximate surface area is 228 Å². The fraction of sp³-hybridized carbons (Fsp3) is 0.212. The van der Waals surface area contributed by atoms with E-state index in [1.807, 2.05) is 69.3 Å². The number of esters is 2. The molecule has 0 saturated heterocycles. The second-order valence-electron chi connectivity index (χ2n) is 10.4. The Kier molecular flexibility index (Phi) is 6.89. The Morgan fingerprint density at radius 3 is 1.58 bits per heavy atom. The van der Waals surface area contributed by atoms with Crippen LogP contribution in [0.25, 0.3) is 0 Å². The zero-order chi connectivity index (χ0) is 26.9. The van der Waals surface area contributed by atoms with E-state index >= 15 is 0 Å². The molecule has 4 aromatic carbocycles. The molecule has 5 heteroatoms. The summed E-state index contributed by atoms with van der Waals surface area (Å²) in [5.41, 5.74) is 3.21. The first kappa shape index (κ1) is 25.8. The Balaban J connectivity index is 1.70. The fourth-order valence-corrected chi connectivity index (χ4v) is 5.99. The van der Waals surface area contributed by atoms with Gasteiger partial charge in [-0.3, -0.25) is 9.59 Å². The molecule has 0 aliphatic carbocycles. The lowest BCUT2D eigenvalue weighted by molar-refractivity contribution is -0.143. The molecule has 38 heavy (non-hydrogen) atoms. The van der Waals surface area contributed by atoms with Gasteiger partial charge < -0.3 is 9.47 Å². The summed E-state index contributed by atoms with van der Waals surface area (Å²) in [5, 5.41) is 0. The molecular weight excluding hydrogens is 492 g/mol. The van der Waals surface area contributed by atoms with Gasteiger partial charge in [-0.2, -0.15) is 0 Å². The third-order valence-electron chi connectivity index (χ3n) is 6.72. The van der Waals surface area contributed by atoms with Crippen LogP contribution in [0.5, 0.6) is 11.5 Å². The van der Waals surface area contributed by atoms with E-state index in [-0.39, 0.29) is 11.9 Å². The van der Waals surface area contributed by atoms with Crippen LogP contribution < -0.4 is 9.47 Å². The van der Waals surface area contributed by atoms with Crippen molar-refractivity contribution in [3.63, 3.8) is 0 Å². The van der Waals surface area contributed by atoms with Crippen molar-refractivity contribution < 1.29 is 19.1 Å². The minimum atomic E-state index is -0.627. The maximum atomic E-state index is 12.5. The third kappa shape index (κ3) is 4.63. The highest BCUT2D eigenvalue weighted by molar-refractivity contribution is 7.99. The molecule has 4 nitrogen and oxygen atoms in total. The maximum Gasteiger partial charge on any atom is 0.316 e. The van der Waals surface area contributed by atoms with Crippen LogP contribution in [0, 0.1) is 5.41 Å². The van der Waals surface area contributed by atoms with E-state index in [2.05, 4.69) is 48.5 Å². The number of carbonyl (C=O) groups excluding carboxylic acids is 2. The summed E-state index contributed by atoms with van der Waals surface area (Å²) in [6.45, 7) is 7.30. The lowest BCUT2D eigenvalue weighted by Crippen LogP contribution is -2.34. The highest BCUT2D eigenvalue weighted by Gasteiger charge is 2.44. The Morgan fingerprint density at radius 1 is 0.684 bits per heavy atom. The summed E-state index contributed by atoms with van der Waals surface area (Å²) in [7, 11) is 0. The number of ether oxygens (including phenoxy) is 2. The van der Waals surface area contributed by atoms with Crippen LogP contribution in [-0.4, -0.2) is 11.9 Å². The Morgan fingerprint density at radius 2 is 1.13 bits per heavy atom. The molecule has 0 bridgehead atoms. The highest BCUT2D eigenvalue weighted by Crippen LogP contribution is 2.55.